The quantitative estimate of drug-likeness (QED) is 0.836. The van der Waals surface area contributed by atoms with Crippen molar-refractivity contribution < 1.29 is 14.3 Å². The van der Waals surface area contributed by atoms with Crippen molar-refractivity contribution in [2.45, 2.75) is 25.3 Å². The van der Waals surface area contributed by atoms with Gasteiger partial charge in [-0.3, -0.25) is 4.79 Å². The molecule has 2 unspecified atom stereocenters. The third-order valence-corrected chi connectivity index (χ3v) is 3.42. The molecule has 1 amide bonds. The Morgan fingerprint density at radius 1 is 1.25 bits per heavy atom. The van der Waals surface area contributed by atoms with Gasteiger partial charge in [-0.05, 0) is 43.5 Å². The molecule has 5 nitrogen and oxygen atoms in total. The van der Waals surface area contributed by atoms with Crippen LogP contribution >= 0.6 is 12.4 Å². The minimum atomic E-state index is -0.389. The van der Waals surface area contributed by atoms with Crippen molar-refractivity contribution >= 4 is 30.0 Å². The maximum atomic E-state index is 12.0. The Hall–Kier alpha value is -1.59. The van der Waals surface area contributed by atoms with Crippen LogP contribution in [0.4, 0.5) is 5.69 Å². The minimum absolute atomic E-state index is 0. The van der Waals surface area contributed by atoms with Gasteiger partial charge in [0.2, 0.25) is 5.91 Å². The number of methoxy groups -OCH3 is 1. The first-order valence-corrected chi connectivity index (χ1v) is 6.35. The van der Waals surface area contributed by atoms with Crippen molar-refractivity contribution in [2.24, 2.45) is 11.7 Å². The summed E-state index contributed by atoms with van der Waals surface area (Å²) in [6, 6.07) is 6.78. The topological polar surface area (TPSA) is 81.4 Å². The summed E-state index contributed by atoms with van der Waals surface area (Å²) in [6.07, 6.45) is 2.48. The first-order valence-electron chi connectivity index (χ1n) is 6.35. The summed E-state index contributed by atoms with van der Waals surface area (Å²) < 4.78 is 4.61. The number of carbonyl (C=O) groups excluding carboxylic acids is 2. The van der Waals surface area contributed by atoms with Crippen LogP contribution in [0.3, 0.4) is 0 Å². The molecule has 0 bridgehead atoms. The molecule has 0 radical (unpaired) electrons. The number of nitrogens with two attached hydrogens (primary N) is 1. The van der Waals surface area contributed by atoms with E-state index >= 15 is 0 Å². The molecule has 2 atom stereocenters. The number of hydrogen-bond donors (Lipinski definition) is 2. The van der Waals surface area contributed by atoms with Gasteiger partial charge in [0.1, 0.15) is 0 Å². The van der Waals surface area contributed by atoms with Gasteiger partial charge in [-0.1, -0.05) is 0 Å². The van der Waals surface area contributed by atoms with E-state index in [0.29, 0.717) is 11.3 Å². The zero-order chi connectivity index (χ0) is 13.8. The number of anilines is 1. The second-order valence-electron chi connectivity index (χ2n) is 4.83. The Labute approximate surface area is 124 Å². The van der Waals surface area contributed by atoms with Crippen LogP contribution in [0, 0.1) is 5.92 Å². The van der Waals surface area contributed by atoms with Gasteiger partial charge in [-0.25, -0.2) is 4.79 Å². The number of rotatable bonds is 3. The van der Waals surface area contributed by atoms with E-state index in [-0.39, 0.29) is 36.2 Å². The number of nitrogens with one attached hydrogen (secondary N) is 1. The molecular weight excluding hydrogens is 280 g/mol. The Bertz CT molecular complexity index is 476. The maximum absolute atomic E-state index is 12.0. The van der Waals surface area contributed by atoms with Crippen LogP contribution in [0.25, 0.3) is 0 Å². The minimum Gasteiger partial charge on any atom is -0.465 e. The number of benzene rings is 1. The molecule has 0 spiro atoms. The van der Waals surface area contributed by atoms with Crippen molar-refractivity contribution in [1.29, 1.82) is 0 Å². The fourth-order valence-corrected chi connectivity index (χ4v) is 2.31. The van der Waals surface area contributed by atoms with Gasteiger partial charge in [-0.15, -0.1) is 12.4 Å². The van der Waals surface area contributed by atoms with Gasteiger partial charge in [0.15, 0.2) is 0 Å². The maximum Gasteiger partial charge on any atom is 0.337 e. The molecule has 0 saturated heterocycles. The van der Waals surface area contributed by atoms with Gasteiger partial charge in [0, 0.05) is 17.6 Å². The first kappa shape index (κ1) is 16.5. The van der Waals surface area contributed by atoms with E-state index in [4.69, 9.17) is 5.73 Å². The van der Waals surface area contributed by atoms with E-state index in [0.717, 1.165) is 19.3 Å². The van der Waals surface area contributed by atoms with Crippen LogP contribution in [-0.4, -0.2) is 25.0 Å². The molecule has 1 aromatic carbocycles. The molecule has 1 aromatic rings. The highest BCUT2D eigenvalue weighted by Crippen LogP contribution is 2.25. The number of halogens is 1. The predicted molar refractivity (Wildman–Crippen MR) is 79.0 cm³/mol. The third-order valence-electron chi connectivity index (χ3n) is 3.42. The number of amides is 1. The predicted octanol–water partition coefficient (Wildman–Crippen LogP) is 1.96. The lowest BCUT2D eigenvalue weighted by atomic mass is 10.1. The first-order chi connectivity index (χ1) is 9.10. The second kappa shape index (κ2) is 7.26. The Morgan fingerprint density at radius 2 is 1.90 bits per heavy atom. The average Bonchev–Trinajstić information content (AvgIpc) is 2.85. The number of esters is 1. The monoisotopic (exact) mass is 298 g/mol. The SMILES string of the molecule is COC(=O)c1ccc(NC(=O)C2CCC(N)C2)cc1.Cl. The molecule has 0 aliphatic heterocycles. The highest BCUT2D eigenvalue weighted by atomic mass is 35.5. The van der Waals surface area contributed by atoms with Crippen molar-refractivity contribution in [1.82, 2.24) is 0 Å². The largest absolute Gasteiger partial charge is 0.465 e. The molecule has 110 valence electrons. The molecule has 2 rings (SSSR count). The summed E-state index contributed by atoms with van der Waals surface area (Å²) in [5.74, 6) is -0.395. The van der Waals surface area contributed by atoms with Gasteiger partial charge >= 0.3 is 5.97 Å². The lowest BCUT2D eigenvalue weighted by Crippen LogP contribution is -2.23. The third kappa shape index (κ3) is 3.95. The van der Waals surface area contributed by atoms with E-state index in [1.165, 1.54) is 7.11 Å². The number of carbonyl (C=O) groups is 2. The summed E-state index contributed by atoms with van der Waals surface area (Å²) in [7, 11) is 1.33. The lowest BCUT2D eigenvalue weighted by Gasteiger charge is -2.11. The zero-order valence-corrected chi connectivity index (χ0v) is 12.1. The zero-order valence-electron chi connectivity index (χ0n) is 11.3. The Kier molecular flexibility index (Phi) is 5.98. The lowest BCUT2D eigenvalue weighted by molar-refractivity contribution is -0.119. The van der Waals surface area contributed by atoms with E-state index in [9.17, 15) is 9.59 Å². The summed E-state index contributed by atoms with van der Waals surface area (Å²) >= 11 is 0. The van der Waals surface area contributed by atoms with Gasteiger partial charge in [-0.2, -0.15) is 0 Å². The fraction of sp³-hybridized carbons (Fsp3) is 0.429. The highest BCUT2D eigenvalue weighted by molar-refractivity contribution is 5.94. The molecule has 6 heteroatoms. The molecule has 0 heterocycles. The molecular formula is C14H19ClN2O3. The van der Waals surface area contributed by atoms with Crippen molar-refractivity contribution in [3.63, 3.8) is 0 Å². The standard InChI is InChI=1S/C14H18N2O3.ClH/c1-19-14(18)9-3-6-12(7-4-9)16-13(17)10-2-5-11(15)8-10;/h3-4,6-7,10-11H,2,5,8,15H2,1H3,(H,16,17);1H. The Balaban J connectivity index is 0.00000200. The van der Waals surface area contributed by atoms with E-state index in [1.54, 1.807) is 24.3 Å². The molecule has 1 aliphatic carbocycles. The highest BCUT2D eigenvalue weighted by Gasteiger charge is 2.27. The summed E-state index contributed by atoms with van der Waals surface area (Å²) in [6.45, 7) is 0. The van der Waals surface area contributed by atoms with Crippen LogP contribution in [0.15, 0.2) is 24.3 Å². The summed E-state index contributed by atoms with van der Waals surface area (Å²) in [5, 5.41) is 2.84. The van der Waals surface area contributed by atoms with E-state index < -0.39 is 0 Å². The normalized spacial score (nSPS) is 20.9. The molecule has 0 aromatic heterocycles. The van der Waals surface area contributed by atoms with Gasteiger partial charge in [0.05, 0.1) is 12.7 Å². The molecule has 1 saturated carbocycles. The van der Waals surface area contributed by atoms with Crippen molar-refractivity contribution in [3.05, 3.63) is 29.8 Å². The summed E-state index contributed by atoms with van der Waals surface area (Å²) in [4.78, 5) is 23.2. The molecule has 1 aliphatic rings. The number of ether oxygens (including phenoxy) is 1. The smallest absolute Gasteiger partial charge is 0.337 e. The van der Waals surface area contributed by atoms with Gasteiger partial charge in [0.25, 0.3) is 0 Å². The van der Waals surface area contributed by atoms with Crippen LogP contribution in [0.5, 0.6) is 0 Å². The summed E-state index contributed by atoms with van der Waals surface area (Å²) in [5.41, 5.74) is 6.93. The second-order valence-corrected chi connectivity index (χ2v) is 4.83. The Morgan fingerprint density at radius 3 is 2.40 bits per heavy atom. The van der Waals surface area contributed by atoms with Gasteiger partial charge < -0.3 is 15.8 Å². The fourth-order valence-electron chi connectivity index (χ4n) is 2.31. The molecule has 1 fully saturated rings. The van der Waals surface area contributed by atoms with Crippen LogP contribution in [0.2, 0.25) is 0 Å². The number of hydrogen-bond acceptors (Lipinski definition) is 4. The average molecular weight is 299 g/mol. The van der Waals surface area contributed by atoms with E-state index in [1.807, 2.05) is 0 Å². The molecule has 20 heavy (non-hydrogen) atoms. The van der Waals surface area contributed by atoms with Crippen LogP contribution in [-0.2, 0) is 9.53 Å². The van der Waals surface area contributed by atoms with E-state index in [2.05, 4.69) is 10.1 Å². The van der Waals surface area contributed by atoms with Crippen LogP contribution < -0.4 is 11.1 Å². The molecule has 3 N–H and O–H groups in total. The van der Waals surface area contributed by atoms with Crippen LogP contribution in [0.1, 0.15) is 29.6 Å². The van der Waals surface area contributed by atoms with Crippen molar-refractivity contribution in [2.75, 3.05) is 12.4 Å². The van der Waals surface area contributed by atoms with Crippen molar-refractivity contribution in [3.8, 4) is 0 Å².